The van der Waals surface area contributed by atoms with Crippen LogP contribution in [0.25, 0.3) is 0 Å². The van der Waals surface area contributed by atoms with Gasteiger partial charge in [-0.05, 0) is 58.0 Å². The first-order valence-corrected chi connectivity index (χ1v) is 8.08. The van der Waals surface area contributed by atoms with E-state index in [-0.39, 0.29) is 12.4 Å². The van der Waals surface area contributed by atoms with E-state index in [0.717, 1.165) is 17.9 Å². The number of nitrogens with zero attached hydrogens (tertiary/aromatic N) is 1. The highest BCUT2D eigenvalue weighted by molar-refractivity contribution is 5.97. The van der Waals surface area contributed by atoms with Gasteiger partial charge in [0, 0.05) is 29.2 Å². The van der Waals surface area contributed by atoms with Crippen LogP contribution < -0.4 is 5.32 Å². The maximum absolute atomic E-state index is 12.2. The molecule has 1 heterocycles. The highest BCUT2D eigenvalue weighted by Crippen LogP contribution is 2.16. The predicted molar refractivity (Wildman–Crippen MR) is 94.9 cm³/mol. The Bertz CT molecular complexity index is 804. The van der Waals surface area contributed by atoms with Crippen molar-refractivity contribution in [1.82, 2.24) is 4.57 Å². The van der Waals surface area contributed by atoms with Crippen LogP contribution in [0.4, 0.5) is 5.69 Å². The minimum Gasteiger partial charge on any atom is -0.452 e. The van der Waals surface area contributed by atoms with E-state index < -0.39 is 11.9 Å². The minimum absolute atomic E-state index is 0.0449. The molecule has 0 aliphatic rings. The van der Waals surface area contributed by atoms with Gasteiger partial charge in [0.25, 0.3) is 5.91 Å². The standard InChI is InChI=1S/C19H22N2O4/c1-5-21-12(2)10-17(13(21)3)19(24)25-11-18(23)20-16-8-6-15(7-9-16)14(4)22/h6-10H,5,11H2,1-4H3,(H,20,23). The molecular weight excluding hydrogens is 320 g/mol. The number of ether oxygens (including phenoxy) is 1. The van der Waals surface area contributed by atoms with E-state index in [1.807, 2.05) is 25.3 Å². The van der Waals surface area contributed by atoms with Crippen LogP contribution in [0.1, 0.15) is 46.0 Å². The molecule has 6 nitrogen and oxygen atoms in total. The fraction of sp³-hybridized carbons (Fsp3) is 0.316. The highest BCUT2D eigenvalue weighted by atomic mass is 16.5. The first kappa shape index (κ1) is 18.4. The number of rotatable bonds is 6. The molecule has 25 heavy (non-hydrogen) atoms. The summed E-state index contributed by atoms with van der Waals surface area (Å²) in [5, 5.41) is 2.62. The van der Waals surface area contributed by atoms with Crippen LogP contribution in [0.5, 0.6) is 0 Å². The first-order chi connectivity index (χ1) is 11.8. The van der Waals surface area contributed by atoms with Crippen LogP contribution in [0, 0.1) is 13.8 Å². The van der Waals surface area contributed by atoms with Crippen molar-refractivity contribution in [3.05, 3.63) is 52.8 Å². The van der Waals surface area contributed by atoms with E-state index in [1.54, 1.807) is 30.3 Å². The van der Waals surface area contributed by atoms with Crippen molar-refractivity contribution in [2.24, 2.45) is 0 Å². The van der Waals surface area contributed by atoms with Gasteiger partial charge in [-0.1, -0.05) is 0 Å². The smallest absolute Gasteiger partial charge is 0.340 e. The number of benzene rings is 1. The molecule has 0 atom stereocenters. The minimum atomic E-state index is -0.519. The molecule has 0 fully saturated rings. The molecule has 0 aliphatic carbocycles. The average molecular weight is 342 g/mol. The second-order valence-electron chi connectivity index (χ2n) is 5.79. The van der Waals surface area contributed by atoms with Gasteiger partial charge in [0.2, 0.25) is 0 Å². The lowest BCUT2D eigenvalue weighted by molar-refractivity contribution is -0.119. The Morgan fingerprint density at radius 3 is 2.28 bits per heavy atom. The Labute approximate surface area is 146 Å². The summed E-state index contributed by atoms with van der Waals surface area (Å²) in [6.45, 7) is 7.64. The van der Waals surface area contributed by atoms with E-state index in [9.17, 15) is 14.4 Å². The molecule has 0 saturated carbocycles. The third kappa shape index (κ3) is 4.35. The van der Waals surface area contributed by atoms with Crippen LogP contribution >= 0.6 is 0 Å². The summed E-state index contributed by atoms with van der Waals surface area (Å²) in [7, 11) is 0. The van der Waals surface area contributed by atoms with Gasteiger partial charge in [0.15, 0.2) is 12.4 Å². The Balaban J connectivity index is 1.93. The zero-order valence-electron chi connectivity index (χ0n) is 14.9. The third-order valence-electron chi connectivity index (χ3n) is 4.02. The summed E-state index contributed by atoms with van der Waals surface area (Å²) in [4.78, 5) is 35.3. The lowest BCUT2D eigenvalue weighted by Crippen LogP contribution is -2.21. The maximum atomic E-state index is 12.2. The average Bonchev–Trinajstić information content (AvgIpc) is 2.87. The number of hydrogen-bond acceptors (Lipinski definition) is 4. The zero-order chi connectivity index (χ0) is 18.6. The van der Waals surface area contributed by atoms with Gasteiger partial charge >= 0.3 is 5.97 Å². The molecule has 1 amide bonds. The molecule has 0 radical (unpaired) electrons. The van der Waals surface area contributed by atoms with Gasteiger partial charge in [-0.3, -0.25) is 9.59 Å². The molecule has 2 aromatic rings. The summed E-state index contributed by atoms with van der Waals surface area (Å²) in [5.74, 6) is -1.00. The van der Waals surface area contributed by atoms with E-state index >= 15 is 0 Å². The van der Waals surface area contributed by atoms with Crippen molar-refractivity contribution in [1.29, 1.82) is 0 Å². The summed E-state index contributed by atoms with van der Waals surface area (Å²) in [5.41, 5.74) is 3.37. The molecule has 0 bridgehead atoms. The van der Waals surface area contributed by atoms with Gasteiger partial charge in [-0.25, -0.2) is 4.79 Å². The number of ketones is 1. The van der Waals surface area contributed by atoms with Crippen molar-refractivity contribution in [3.8, 4) is 0 Å². The Kier molecular flexibility index (Phi) is 5.75. The molecule has 0 aliphatic heterocycles. The Morgan fingerprint density at radius 2 is 1.76 bits per heavy atom. The van der Waals surface area contributed by atoms with Crippen molar-refractivity contribution >= 4 is 23.3 Å². The zero-order valence-corrected chi connectivity index (χ0v) is 14.9. The Morgan fingerprint density at radius 1 is 1.12 bits per heavy atom. The molecule has 2 rings (SSSR count). The predicted octanol–water partition coefficient (Wildman–Crippen LogP) is 3.12. The van der Waals surface area contributed by atoms with E-state index in [1.165, 1.54) is 6.92 Å². The number of nitrogens with one attached hydrogen (secondary N) is 1. The SMILES string of the molecule is CCn1c(C)cc(C(=O)OCC(=O)Nc2ccc(C(C)=O)cc2)c1C. The summed E-state index contributed by atoms with van der Waals surface area (Å²) < 4.78 is 7.11. The number of carbonyl (C=O) groups is 3. The van der Waals surface area contributed by atoms with Crippen LogP contribution in [0.2, 0.25) is 0 Å². The Hall–Kier alpha value is -2.89. The number of carbonyl (C=O) groups excluding carboxylic acids is 3. The molecule has 1 N–H and O–H groups in total. The number of amides is 1. The largest absolute Gasteiger partial charge is 0.452 e. The monoisotopic (exact) mass is 342 g/mol. The van der Waals surface area contributed by atoms with Gasteiger partial charge in [0.1, 0.15) is 0 Å². The fourth-order valence-electron chi connectivity index (χ4n) is 2.69. The topological polar surface area (TPSA) is 77.4 Å². The van der Waals surface area contributed by atoms with E-state index in [0.29, 0.717) is 16.8 Å². The van der Waals surface area contributed by atoms with E-state index in [2.05, 4.69) is 5.32 Å². The molecule has 1 aromatic heterocycles. The number of esters is 1. The second kappa shape index (κ2) is 7.79. The quantitative estimate of drug-likeness (QED) is 0.646. The van der Waals surface area contributed by atoms with Crippen LogP contribution in [-0.4, -0.2) is 28.8 Å². The highest BCUT2D eigenvalue weighted by Gasteiger charge is 2.17. The van der Waals surface area contributed by atoms with Gasteiger partial charge in [-0.2, -0.15) is 0 Å². The van der Waals surface area contributed by atoms with Crippen LogP contribution in [-0.2, 0) is 16.1 Å². The lowest BCUT2D eigenvalue weighted by atomic mass is 10.1. The summed E-state index contributed by atoms with van der Waals surface area (Å²) in [6.07, 6.45) is 0. The normalized spacial score (nSPS) is 10.4. The lowest BCUT2D eigenvalue weighted by Gasteiger charge is -2.08. The molecule has 132 valence electrons. The van der Waals surface area contributed by atoms with Gasteiger partial charge in [0.05, 0.1) is 5.56 Å². The molecular formula is C19H22N2O4. The summed E-state index contributed by atoms with van der Waals surface area (Å²) >= 11 is 0. The number of aromatic nitrogens is 1. The molecule has 6 heteroatoms. The van der Waals surface area contributed by atoms with Gasteiger partial charge < -0.3 is 14.6 Å². The number of hydrogen-bond donors (Lipinski definition) is 1. The van der Waals surface area contributed by atoms with Crippen LogP contribution in [0.3, 0.4) is 0 Å². The molecule has 0 unspecified atom stereocenters. The second-order valence-corrected chi connectivity index (χ2v) is 5.79. The fourth-order valence-corrected chi connectivity index (χ4v) is 2.69. The van der Waals surface area contributed by atoms with Crippen molar-refractivity contribution in [2.75, 3.05) is 11.9 Å². The van der Waals surface area contributed by atoms with Crippen molar-refractivity contribution < 1.29 is 19.1 Å². The number of aryl methyl sites for hydroxylation is 1. The van der Waals surface area contributed by atoms with E-state index in [4.69, 9.17) is 4.74 Å². The molecule has 1 aromatic carbocycles. The first-order valence-electron chi connectivity index (χ1n) is 8.08. The number of anilines is 1. The van der Waals surface area contributed by atoms with Gasteiger partial charge in [-0.15, -0.1) is 0 Å². The number of Topliss-reactive ketones (excluding diaryl/α,β-unsaturated/α-hetero) is 1. The molecule has 0 spiro atoms. The van der Waals surface area contributed by atoms with Crippen molar-refractivity contribution in [3.63, 3.8) is 0 Å². The summed E-state index contributed by atoms with van der Waals surface area (Å²) in [6, 6.07) is 8.28. The van der Waals surface area contributed by atoms with Crippen LogP contribution in [0.15, 0.2) is 30.3 Å². The molecule has 0 saturated heterocycles. The third-order valence-corrected chi connectivity index (χ3v) is 4.02. The maximum Gasteiger partial charge on any atom is 0.340 e. The van der Waals surface area contributed by atoms with Crippen molar-refractivity contribution in [2.45, 2.75) is 34.2 Å².